The van der Waals surface area contributed by atoms with Gasteiger partial charge in [-0.05, 0) is 43.4 Å². The number of hydrogen-bond acceptors (Lipinski definition) is 4. The van der Waals surface area contributed by atoms with Crippen molar-refractivity contribution in [2.45, 2.75) is 32.8 Å². The zero-order valence-electron chi connectivity index (χ0n) is 12.4. The van der Waals surface area contributed by atoms with Crippen LogP contribution in [0.4, 0.5) is 5.69 Å². The van der Waals surface area contributed by atoms with E-state index in [1.807, 2.05) is 32.0 Å². The number of rotatable bonds is 4. The van der Waals surface area contributed by atoms with Crippen LogP contribution in [0.5, 0.6) is 0 Å². The van der Waals surface area contributed by atoms with Crippen LogP contribution in [0.3, 0.4) is 0 Å². The van der Waals surface area contributed by atoms with E-state index < -0.39 is 10.9 Å². The first kappa shape index (κ1) is 14.0. The smallest absolute Gasteiger partial charge is 0.250 e. The van der Waals surface area contributed by atoms with Gasteiger partial charge >= 0.3 is 0 Å². The first-order valence-electron chi connectivity index (χ1n) is 7.34. The number of aryl methyl sites for hydroxylation is 2. The molecular weight excluding hydrogens is 266 g/mol. The summed E-state index contributed by atoms with van der Waals surface area (Å²) in [5.41, 5.74) is 3.25. The summed E-state index contributed by atoms with van der Waals surface area (Å²) < 4.78 is 5.53. The van der Waals surface area contributed by atoms with Gasteiger partial charge in [0.25, 0.3) is 0 Å². The Balaban J connectivity index is 1.85. The van der Waals surface area contributed by atoms with Crippen molar-refractivity contribution in [2.75, 3.05) is 18.5 Å². The van der Waals surface area contributed by atoms with E-state index >= 15 is 0 Å². The molecule has 0 bridgehead atoms. The van der Waals surface area contributed by atoms with Crippen LogP contribution in [-0.2, 0) is 4.74 Å². The first-order chi connectivity index (χ1) is 10.1. The lowest BCUT2D eigenvalue weighted by Gasteiger charge is -2.16. The van der Waals surface area contributed by atoms with Crippen LogP contribution >= 0.6 is 0 Å². The predicted molar refractivity (Wildman–Crippen MR) is 83.7 cm³/mol. The van der Waals surface area contributed by atoms with Gasteiger partial charge in [0.1, 0.15) is 0 Å². The minimum absolute atomic E-state index is 0.141. The number of nitrogens with one attached hydrogen (secondary N) is 1. The Morgan fingerprint density at radius 1 is 1.19 bits per heavy atom. The molecule has 1 aliphatic rings. The maximum atomic E-state index is 11.9. The van der Waals surface area contributed by atoms with Crippen LogP contribution in [0.15, 0.2) is 27.8 Å². The van der Waals surface area contributed by atoms with E-state index in [2.05, 4.69) is 5.32 Å². The number of ether oxygens (including phenoxy) is 1. The Kier molecular flexibility index (Phi) is 3.64. The summed E-state index contributed by atoms with van der Waals surface area (Å²) >= 11 is 0. The molecule has 1 heterocycles. The molecular formula is C17H19NO3. The maximum Gasteiger partial charge on any atom is 0.250 e. The minimum Gasteiger partial charge on any atom is -0.379 e. The highest BCUT2D eigenvalue weighted by atomic mass is 16.5. The molecule has 0 spiro atoms. The molecule has 1 atom stereocenters. The zero-order valence-corrected chi connectivity index (χ0v) is 12.4. The fourth-order valence-electron chi connectivity index (χ4n) is 2.75. The van der Waals surface area contributed by atoms with Crippen molar-refractivity contribution >= 4 is 5.69 Å². The number of benzene rings is 1. The average Bonchev–Trinajstić information content (AvgIpc) is 2.99. The van der Waals surface area contributed by atoms with Crippen LogP contribution < -0.4 is 16.2 Å². The van der Waals surface area contributed by atoms with Gasteiger partial charge in [-0.15, -0.1) is 0 Å². The molecule has 1 fully saturated rings. The van der Waals surface area contributed by atoms with Crippen molar-refractivity contribution in [1.82, 2.24) is 0 Å². The van der Waals surface area contributed by atoms with Gasteiger partial charge in [0.2, 0.25) is 10.9 Å². The molecule has 0 unspecified atom stereocenters. The van der Waals surface area contributed by atoms with Gasteiger partial charge in [-0.2, -0.15) is 0 Å². The molecule has 4 nitrogen and oxygen atoms in total. The molecule has 4 heteroatoms. The SMILES string of the molecule is Cc1ccc(-c2c(NC[C@@H]3CCCO3)c(=O)c2=O)cc1C. The second-order valence-electron chi connectivity index (χ2n) is 5.72. The van der Waals surface area contributed by atoms with Gasteiger partial charge < -0.3 is 10.1 Å². The standard InChI is InChI=1S/C17H19NO3/c1-10-5-6-12(8-11(10)2)14-15(17(20)16(14)19)18-9-13-4-3-7-21-13/h5-6,8,13,18H,3-4,7,9H2,1-2H3/t13-/m0/s1. The molecule has 2 aromatic rings. The molecule has 0 saturated carbocycles. The molecule has 1 N–H and O–H groups in total. The van der Waals surface area contributed by atoms with Gasteiger partial charge in [-0.25, -0.2) is 0 Å². The second-order valence-corrected chi connectivity index (χ2v) is 5.72. The number of anilines is 1. The predicted octanol–water partition coefficient (Wildman–Crippen LogP) is 2.16. The highest BCUT2D eigenvalue weighted by Gasteiger charge is 2.24. The van der Waals surface area contributed by atoms with Crippen molar-refractivity contribution in [1.29, 1.82) is 0 Å². The minimum atomic E-state index is -0.416. The quantitative estimate of drug-likeness (QED) is 0.875. The summed E-state index contributed by atoms with van der Waals surface area (Å²) in [5, 5.41) is 3.11. The Labute approximate surface area is 123 Å². The lowest BCUT2D eigenvalue weighted by Crippen LogP contribution is -2.37. The van der Waals surface area contributed by atoms with Crippen molar-refractivity contribution in [3.05, 3.63) is 49.8 Å². The summed E-state index contributed by atoms with van der Waals surface area (Å²) in [5.74, 6) is 0. The summed E-state index contributed by atoms with van der Waals surface area (Å²) in [6.07, 6.45) is 2.20. The Morgan fingerprint density at radius 2 is 2.00 bits per heavy atom. The summed E-state index contributed by atoms with van der Waals surface area (Å²) in [4.78, 5) is 23.7. The largest absolute Gasteiger partial charge is 0.379 e. The van der Waals surface area contributed by atoms with E-state index in [0.29, 0.717) is 17.8 Å². The van der Waals surface area contributed by atoms with E-state index in [4.69, 9.17) is 4.74 Å². The van der Waals surface area contributed by atoms with E-state index in [-0.39, 0.29) is 6.10 Å². The van der Waals surface area contributed by atoms with Crippen LogP contribution in [0.1, 0.15) is 24.0 Å². The molecule has 0 aromatic heterocycles. The fraction of sp³-hybridized carbons (Fsp3) is 0.412. The van der Waals surface area contributed by atoms with Crippen molar-refractivity contribution in [3.8, 4) is 11.1 Å². The van der Waals surface area contributed by atoms with Crippen molar-refractivity contribution in [3.63, 3.8) is 0 Å². The molecule has 0 aliphatic carbocycles. The van der Waals surface area contributed by atoms with Crippen molar-refractivity contribution in [2.24, 2.45) is 0 Å². The maximum absolute atomic E-state index is 11.9. The first-order valence-corrected chi connectivity index (χ1v) is 7.34. The molecule has 3 rings (SSSR count). The molecule has 1 saturated heterocycles. The highest BCUT2D eigenvalue weighted by Crippen LogP contribution is 2.26. The van der Waals surface area contributed by atoms with Crippen LogP contribution in [-0.4, -0.2) is 19.3 Å². The van der Waals surface area contributed by atoms with Crippen molar-refractivity contribution < 1.29 is 4.74 Å². The number of hydrogen-bond donors (Lipinski definition) is 1. The summed E-state index contributed by atoms with van der Waals surface area (Å²) in [7, 11) is 0. The normalized spacial score (nSPS) is 18.3. The van der Waals surface area contributed by atoms with E-state index in [9.17, 15) is 9.59 Å². The third kappa shape index (κ3) is 2.51. The van der Waals surface area contributed by atoms with E-state index in [1.54, 1.807) is 0 Å². The molecule has 1 aliphatic heterocycles. The van der Waals surface area contributed by atoms with Gasteiger partial charge in [0.15, 0.2) is 0 Å². The van der Waals surface area contributed by atoms with E-state index in [1.165, 1.54) is 5.56 Å². The molecule has 110 valence electrons. The topological polar surface area (TPSA) is 55.4 Å². The molecule has 21 heavy (non-hydrogen) atoms. The summed E-state index contributed by atoms with van der Waals surface area (Å²) in [6.45, 7) is 5.40. The van der Waals surface area contributed by atoms with Crippen LogP contribution in [0, 0.1) is 13.8 Å². The Hall–Kier alpha value is -1.94. The van der Waals surface area contributed by atoms with Gasteiger partial charge in [-0.1, -0.05) is 18.2 Å². The Morgan fingerprint density at radius 3 is 2.67 bits per heavy atom. The zero-order chi connectivity index (χ0) is 15.0. The monoisotopic (exact) mass is 285 g/mol. The average molecular weight is 285 g/mol. The third-order valence-corrected chi connectivity index (χ3v) is 4.24. The third-order valence-electron chi connectivity index (χ3n) is 4.24. The van der Waals surface area contributed by atoms with E-state index in [0.717, 1.165) is 30.6 Å². The summed E-state index contributed by atoms with van der Waals surface area (Å²) in [6, 6.07) is 5.84. The fourth-order valence-corrected chi connectivity index (χ4v) is 2.75. The lowest BCUT2D eigenvalue weighted by molar-refractivity contribution is 0.120. The van der Waals surface area contributed by atoms with Crippen LogP contribution in [0.25, 0.3) is 11.1 Å². The van der Waals surface area contributed by atoms with Crippen LogP contribution in [0.2, 0.25) is 0 Å². The highest BCUT2D eigenvalue weighted by molar-refractivity contribution is 5.82. The van der Waals surface area contributed by atoms with Gasteiger partial charge in [-0.3, -0.25) is 9.59 Å². The molecule has 0 amide bonds. The molecule has 0 radical (unpaired) electrons. The Bertz CT molecular complexity index is 735. The van der Waals surface area contributed by atoms with Gasteiger partial charge in [0.05, 0.1) is 17.4 Å². The second kappa shape index (κ2) is 5.45. The van der Waals surface area contributed by atoms with Gasteiger partial charge in [0, 0.05) is 13.2 Å². The molecule has 2 aromatic carbocycles. The lowest BCUT2D eigenvalue weighted by atomic mass is 9.95.